The Morgan fingerprint density at radius 2 is 1.96 bits per heavy atom. The molecule has 128 valence electrons. The van der Waals surface area contributed by atoms with Crippen LogP contribution >= 0.6 is 22.9 Å². The van der Waals surface area contributed by atoms with Gasteiger partial charge in [-0.15, -0.1) is 0 Å². The second kappa shape index (κ2) is 7.21. The fraction of sp³-hybridized carbons (Fsp3) is 0.167. The minimum Gasteiger partial charge on any atom is -0.340 e. The third-order valence-corrected chi connectivity index (χ3v) is 4.90. The molecule has 0 bridgehead atoms. The predicted molar refractivity (Wildman–Crippen MR) is 101 cm³/mol. The van der Waals surface area contributed by atoms with Gasteiger partial charge in [0.15, 0.2) is 5.13 Å². The Balaban J connectivity index is 1.67. The van der Waals surface area contributed by atoms with Gasteiger partial charge in [-0.1, -0.05) is 41.1 Å². The van der Waals surface area contributed by atoms with Crippen molar-refractivity contribution in [2.45, 2.75) is 19.9 Å². The lowest BCUT2D eigenvalue weighted by molar-refractivity contribution is -0.117. The summed E-state index contributed by atoms with van der Waals surface area (Å²) < 4.78 is 1.00. The third-order valence-electron chi connectivity index (χ3n) is 3.63. The van der Waals surface area contributed by atoms with E-state index in [2.05, 4.69) is 15.6 Å². The molecule has 0 saturated heterocycles. The molecule has 2 aromatic carbocycles. The zero-order valence-corrected chi connectivity index (χ0v) is 15.2. The molecule has 7 heteroatoms. The monoisotopic (exact) mass is 373 g/mol. The van der Waals surface area contributed by atoms with E-state index in [9.17, 15) is 9.59 Å². The van der Waals surface area contributed by atoms with Crippen molar-refractivity contribution >= 4 is 50.1 Å². The maximum atomic E-state index is 12.3. The van der Waals surface area contributed by atoms with E-state index in [0.29, 0.717) is 15.7 Å². The van der Waals surface area contributed by atoms with Gasteiger partial charge in [0.05, 0.1) is 20.8 Å². The van der Waals surface area contributed by atoms with Crippen LogP contribution in [0.1, 0.15) is 22.8 Å². The number of rotatable bonds is 4. The van der Waals surface area contributed by atoms with Crippen molar-refractivity contribution in [3.05, 3.63) is 58.6 Å². The van der Waals surface area contributed by atoms with Crippen LogP contribution in [-0.4, -0.2) is 22.8 Å². The molecule has 0 aliphatic carbocycles. The molecule has 0 aliphatic heterocycles. The lowest BCUT2D eigenvalue weighted by atomic mass is 10.2. The summed E-state index contributed by atoms with van der Waals surface area (Å²) in [6.45, 7) is 3.62. The number of nitrogens with zero attached hydrogens (tertiary/aromatic N) is 1. The van der Waals surface area contributed by atoms with Gasteiger partial charge < -0.3 is 10.6 Å². The van der Waals surface area contributed by atoms with Gasteiger partial charge in [-0.2, -0.15) is 0 Å². The van der Waals surface area contributed by atoms with E-state index in [-0.39, 0.29) is 5.91 Å². The molecular formula is C18H16ClN3O2S. The number of carbonyl (C=O) groups excluding carboxylic acids is 2. The zero-order chi connectivity index (χ0) is 18.0. The molecule has 0 spiro atoms. The van der Waals surface area contributed by atoms with Crippen molar-refractivity contribution in [1.29, 1.82) is 0 Å². The zero-order valence-electron chi connectivity index (χ0n) is 13.7. The molecule has 3 aromatic rings. The average molecular weight is 374 g/mol. The molecule has 0 fully saturated rings. The van der Waals surface area contributed by atoms with E-state index < -0.39 is 11.9 Å². The number of hydrogen-bond acceptors (Lipinski definition) is 4. The largest absolute Gasteiger partial charge is 0.340 e. The van der Waals surface area contributed by atoms with Crippen molar-refractivity contribution in [2.24, 2.45) is 0 Å². The van der Waals surface area contributed by atoms with Crippen molar-refractivity contribution in [3.63, 3.8) is 0 Å². The second-order valence-corrected chi connectivity index (χ2v) is 7.09. The molecule has 1 heterocycles. The highest BCUT2D eigenvalue weighted by Crippen LogP contribution is 2.26. The molecule has 0 aliphatic rings. The van der Waals surface area contributed by atoms with E-state index in [0.717, 1.165) is 15.8 Å². The first-order chi connectivity index (χ1) is 11.9. The van der Waals surface area contributed by atoms with Crippen LogP contribution in [-0.2, 0) is 4.79 Å². The van der Waals surface area contributed by atoms with Crippen LogP contribution in [0.5, 0.6) is 0 Å². The van der Waals surface area contributed by atoms with E-state index in [1.54, 1.807) is 31.2 Å². The summed E-state index contributed by atoms with van der Waals surface area (Å²) in [5.74, 6) is -0.732. The first-order valence-electron chi connectivity index (χ1n) is 7.67. The SMILES string of the molecule is Cc1ccc2nc(NC(=O)[C@H](C)NC(=O)c3ccccc3Cl)sc2c1. The van der Waals surface area contributed by atoms with Gasteiger partial charge in [0.1, 0.15) is 6.04 Å². The summed E-state index contributed by atoms with van der Waals surface area (Å²) in [6, 6.07) is 11.9. The molecule has 0 saturated carbocycles. The number of amides is 2. The first-order valence-corrected chi connectivity index (χ1v) is 8.87. The number of fused-ring (bicyclic) bond motifs is 1. The van der Waals surface area contributed by atoms with Crippen molar-refractivity contribution in [3.8, 4) is 0 Å². The van der Waals surface area contributed by atoms with Gasteiger partial charge in [-0.25, -0.2) is 4.98 Å². The highest BCUT2D eigenvalue weighted by molar-refractivity contribution is 7.22. The Bertz CT molecular complexity index is 954. The average Bonchev–Trinajstić information content (AvgIpc) is 2.96. The topological polar surface area (TPSA) is 71.1 Å². The fourth-order valence-electron chi connectivity index (χ4n) is 2.28. The smallest absolute Gasteiger partial charge is 0.253 e. The van der Waals surface area contributed by atoms with Crippen LogP contribution in [0.25, 0.3) is 10.2 Å². The number of aromatic nitrogens is 1. The Kier molecular flexibility index (Phi) is 5.01. The molecule has 0 radical (unpaired) electrons. The number of aryl methyl sites for hydroxylation is 1. The minimum atomic E-state index is -0.725. The van der Waals surface area contributed by atoms with Gasteiger partial charge in [0, 0.05) is 0 Å². The Morgan fingerprint density at radius 1 is 1.20 bits per heavy atom. The summed E-state index contributed by atoms with van der Waals surface area (Å²) in [6.07, 6.45) is 0. The highest BCUT2D eigenvalue weighted by Gasteiger charge is 2.19. The fourth-order valence-corrected chi connectivity index (χ4v) is 3.47. The minimum absolute atomic E-state index is 0.333. The number of benzene rings is 2. The molecule has 1 aromatic heterocycles. The normalized spacial score (nSPS) is 12.0. The lowest BCUT2D eigenvalue weighted by Gasteiger charge is -2.13. The molecule has 25 heavy (non-hydrogen) atoms. The van der Waals surface area contributed by atoms with Gasteiger partial charge in [0.2, 0.25) is 5.91 Å². The molecule has 0 unspecified atom stereocenters. The van der Waals surface area contributed by atoms with Crippen LogP contribution in [0.15, 0.2) is 42.5 Å². The number of anilines is 1. The quantitative estimate of drug-likeness (QED) is 0.725. The molecule has 2 N–H and O–H groups in total. The van der Waals surface area contributed by atoms with E-state index in [1.165, 1.54) is 11.3 Å². The second-order valence-electron chi connectivity index (χ2n) is 5.65. The van der Waals surface area contributed by atoms with E-state index in [4.69, 9.17) is 11.6 Å². The molecule has 5 nitrogen and oxygen atoms in total. The Morgan fingerprint density at radius 3 is 2.72 bits per heavy atom. The number of nitrogens with one attached hydrogen (secondary N) is 2. The number of halogens is 1. The van der Waals surface area contributed by atoms with Gasteiger partial charge >= 0.3 is 0 Å². The molecular weight excluding hydrogens is 358 g/mol. The van der Waals surface area contributed by atoms with E-state index in [1.807, 2.05) is 25.1 Å². The number of hydrogen-bond donors (Lipinski definition) is 2. The predicted octanol–water partition coefficient (Wildman–Crippen LogP) is 4.02. The Labute approximate surface area is 154 Å². The number of thiazole rings is 1. The van der Waals surface area contributed by atoms with E-state index >= 15 is 0 Å². The summed E-state index contributed by atoms with van der Waals surface area (Å²) in [5, 5.41) is 6.23. The standard InChI is InChI=1S/C18H16ClN3O2S/c1-10-7-8-14-15(9-10)25-18(21-14)22-16(23)11(2)20-17(24)12-5-3-4-6-13(12)19/h3-9,11H,1-2H3,(H,20,24)(H,21,22,23)/t11-/m0/s1. The lowest BCUT2D eigenvalue weighted by Crippen LogP contribution is -2.41. The number of carbonyl (C=O) groups is 2. The molecule has 1 atom stereocenters. The van der Waals surface area contributed by atoms with Gasteiger partial charge in [0.25, 0.3) is 5.91 Å². The van der Waals surface area contributed by atoms with Crippen LogP contribution in [0.3, 0.4) is 0 Å². The summed E-state index contributed by atoms with van der Waals surface area (Å²) >= 11 is 7.40. The maximum absolute atomic E-state index is 12.3. The molecule has 2 amide bonds. The summed E-state index contributed by atoms with van der Waals surface area (Å²) in [4.78, 5) is 28.9. The van der Waals surface area contributed by atoms with Gasteiger partial charge in [-0.05, 0) is 43.7 Å². The third kappa shape index (κ3) is 3.97. The summed E-state index contributed by atoms with van der Waals surface area (Å²) in [5.41, 5.74) is 2.30. The van der Waals surface area contributed by atoms with Crippen molar-refractivity contribution < 1.29 is 9.59 Å². The van der Waals surface area contributed by atoms with Gasteiger partial charge in [-0.3, -0.25) is 9.59 Å². The maximum Gasteiger partial charge on any atom is 0.253 e. The van der Waals surface area contributed by atoms with Crippen molar-refractivity contribution in [1.82, 2.24) is 10.3 Å². The molecule has 3 rings (SSSR count). The first kappa shape index (κ1) is 17.4. The van der Waals surface area contributed by atoms with Crippen LogP contribution in [0.4, 0.5) is 5.13 Å². The van der Waals surface area contributed by atoms with Crippen LogP contribution in [0, 0.1) is 6.92 Å². The Hall–Kier alpha value is -2.44. The summed E-state index contributed by atoms with van der Waals surface area (Å²) in [7, 11) is 0. The van der Waals surface area contributed by atoms with Crippen LogP contribution in [0.2, 0.25) is 5.02 Å². The highest BCUT2D eigenvalue weighted by atomic mass is 35.5. The van der Waals surface area contributed by atoms with Crippen molar-refractivity contribution in [2.75, 3.05) is 5.32 Å². The van der Waals surface area contributed by atoms with Crippen LogP contribution < -0.4 is 10.6 Å².